The summed E-state index contributed by atoms with van der Waals surface area (Å²) in [5.74, 6) is 1.28. The van der Waals surface area contributed by atoms with Crippen LogP contribution < -0.4 is 4.90 Å². The van der Waals surface area contributed by atoms with Crippen molar-refractivity contribution < 1.29 is 14.4 Å². The molecule has 2 heterocycles. The van der Waals surface area contributed by atoms with Gasteiger partial charge in [0.1, 0.15) is 12.0 Å². The lowest BCUT2D eigenvalue weighted by Crippen LogP contribution is -3.17. The van der Waals surface area contributed by atoms with E-state index in [9.17, 15) is 4.79 Å². The standard InChI is InChI=1S/C22H35NO2/c1-4-16-9-5-6-11-23(16)14-18-17-12-19-15(2)8-7-10-22(19,3)13-20(17)25-21(18)24/h16-20H,2,4-14H2,1,3H3/p+1/t16-,17+,18-,19+,20-,22-/m0/s1. The number of nitrogens with one attached hydrogen (secondary N) is 1. The van der Waals surface area contributed by atoms with Gasteiger partial charge >= 0.3 is 5.97 Å². The molecule has 2 aliphatic heterocycles. The van der Waals surface area contributed by atoms with Gasteiger partial charge in [-0.25, -0.2) is 0 Å². The smallest absolute Gasteiger partial charge is 0.315 e. The van der Waals surface area contributed by atoms with Crippen molar-refractivity contribution in [2.75, 3.05) is 13.1 Å². The molecule has 3 nitrogen and oxygen atoms in total. The highest BCUT2D eigenvalue weighted by Crippen LogP contribution is 2.56. The Morgan fingerprint density at radius 1 is 1.32 bits per heavy atom. The number of piperidine rings is 1. The molecule has 1 unspecified atom stereocenters. The zero-order chi connectivity index (χ0) is 17.6. The minimum absolute atomic E-state index is 0.107. The molecule has 4 rings (SSSR count). The van der Waals surface area contributed by atoms with Crippen molar-refractivity contribution in [1.82, 2.24) is 0 Å². The van der Waals surface area contributed by atoms with Crippen LogP contribution in [-0.2, 0) is 9.53 Å². The molecular formula is C22H36NO2+. The van der Waals surface area contributed by atoms with Crippen LogP contribution in [0, 0.1) is 23.2 Å². The van der Waals surface area contributed by atoms with E-state index in [0.29, 0.717) is 17.3 Å². The van der Waals surface area contributed by atoms with E-state index < -0.39 is 0 Å². The maximum absolute atomic E-state index is 12.7. The van der Waals surface area contributed by atoms with E-state index in [1.165, 1.54) is 57.1 Å². The van der Waals surface area contributed by atoms with Crippen molar-refractivity contribution in [3.8, 4) is 0 Å². The van der Waals surface area contributed by atoms with Gasteiger partial charge in [-0.1, -0.05) is 26.0 Å². The summed E-state index contributed by atoms with van der Waals surface area (Å²) in [5, 5.41) is 0. The monoisotopic (exact) mass is 346 g/mol. The van der Waals surface area contributed by atoms with Gasteiger partial charge in [0.15, 0.2) is 0 Å². The number of allylic oxidation sites excluding steroid dienone is 1. The number of esters is 1. The minimum Gasteiger partial charge on any atom is -0.462 e. The molecule has 2 saturated heterocycles. The SMILES string of the molecule is C=C1CCC[C@@]2(C)C[C@@H]3OC(=O)[C@@H](C[NH+]4CCCC[C@@H]4CC)[C@H]3C[C@H]12. The van der Waals surface area contributed by atoms with Crippen molar-refractivity contribution in [1.29, 1.82) is 0 Å². The summed E-state index contributed by atoms with van der Waals surface area (Å²) < 4.78 is 5.96. The van der Waals surface area contributed by atoms with Crippen molar-refractivity contribution in [3.05, 3.63) is 12.2 Å². The van der Waals surface area contributed by atoms with Crippen LogP contribution in [0.3, 0.4) is 0 Å². The molecule has 0 aromatic rings. The Morgan fingerprint density at radius 2 is 2.16 bits per heavy atom. The quantitative estimate of drug-likeness (QED) is 0.629. The topological polar surface area (TPSA) is 30.7 Å². The zero-order valence-corrected chi connectivity index (χ0v) is 16.2. The van der Waals surface area contributed by atoms with E-state index in [4.69, 9.17) is 4.74 Å². The molecule has 0 aromatic carbocycles. The van der Waals surface area contributed by atoms with Crippen LogP contribution >= 0.6 is 0 Å². The number of hydrogen-bond donors (Lipinski definition) is 1. The molecule has 0 bridgehead atoms. The van der Waals surface area contributed by atoms with Gasteiger partial charge < -0.3 is 9.64 Å². The Labute approximate surface area is 153 Å². The second kappa shape index (κ2) is 6.72. The lowest BCUT2D eigenvalue weighted by molar-refractivity contribution is -0.933. The van der Waals surface area contributed by atoms with E-state index in [1.807, 2.05) is 0 Å². The van der Waals surface area contributed by atoms with Gasteiger partial charge in [0.2, 0.25) is 0 Å². The average Bonchev–Trinajstić information content (AvgIpc) is 2.88. The van der Waals surface area contributed by atoms with E-state index in [-0.39, 0.29) is 18.0 Å². The Bertz CT molecular complexity index is 544. The van der Waals surface area contributed by atoms with E-state index in [1.54, 1.807) is 4.90 Å². The number of quaternary nitrogens is 1. The average molecular weight is 347 g/mol. The van der Waals surface area contributed by atoms with E-state index in [2.05, 4.69) is 20.4 Å². The number of ether oxygens (including phenoxy) is 1. The molecule has 7 atom stereocenters. The fraction of sp³-hybridized carbons (Fsp3) is 0.864. The van der Waals surface area contributed by atoms with Gasteiger partial charge in [0.25, 0.3) is 0 Å². The highest BCUT2D eigenvalue weighted by Gasteiger charge is 2.56. The lowest BCUT2D eigenvalue weighted by Gasteiger charge is -2.50. The van der Waals surface area contributed by atoms with Gasteiger partial charge in [-0.15, -0.1) is 0 Å². The highest BCUT2D eigenvalue weighted by atomic mass is 16.6. The van der Waals surface area contributed by atoms with Gasteiger partial charge in [0.05, 0.1) is 19.1 Å². The summed E-state index contributed by atoms with van der Waals surface area (Å²) in [6.07, 6.45) is 11.4. The Kier molecular flexibility index (Phi) is 4.72. The predicted molar refractivity (Wildman–Crippen MR) is 99.3 cm³/mol. The van der Waals surface area contributed by atoms with Crippen LogP contribution in [0.25, 0.3) is 0 Å². The molecule has 4 aliphatic rings. The molecule has 140 valence electrons. The van der Waals surface area contributed by atoms with Crippen LogP contribution in [0.15, 0.2) is 12.2 Å². The predicted octanol–water partition coefficient (Wildman–Crippen LogP) is 3.15. The van der Waals surface area contributed by atoms with Crippen LogP contribution in [0.4, 0.5) is 0 Å². The molecule has 2 saturated carbocycles. The van der Waals surface area contributed by atoms with E-state index in [0.717, 1.165) is 25.4 Å². The third-order valence-electron chi connectivity index (χ3n) is 8.17. The summed E-state index contributed by atoms with van der Waals surface area (Å²) >= 11 is 0. The van der Waals surface area contributed by atoms with Gasteiger partial charge in [-0.05, 0) is 69.1 Å². The molecule has 2 aliphatic carbocycles. The molecule has 25 heavy (non-hydrogen) atoms. The number of fused-ring (bicyclic) bond motifs is 2. The third kappa shape index (κ3) is 3.07. The van der Waals surface area contributed by atoms with E-state index >= 15 is 0 Å². The number of hydrogen-bond acceptors (Lipinski definition) is 2. The van der Waals surface area contributed by atoms with Crippen molar-refractivity contribution in [2.45, 2.75) is 83.8 Å². The summed E-state index contributed by atoms with van der Waals surface area (Å²) in [4.78, 5) is 14.4. The van der Waals surface area contributed by atoms with Crippen molar-refractivity contribution in [3.63, 3.8) is 0 Å². The van der Waals surface area contributed by atoms with Crippen molar-refractivity contribution in [2.24, 2.45) is 23.2 Å². The molecule has 1 N–H and O–H groups in total. The number of likely N-dealkylation sites (tertiary alicyclic amines) is 1. The highest BCUT2D eigenvalue weighted by molar-refractivity contribution is 5.75. The summed E-state index contributed by atoms with van der Waals surface area (Å²) in [7, 11) is 0. The van der Waals surface area contributed by atoms with Crippen LogP contribution in [0.1, 0.15) is 71.6 Å². The molecular weight excluding hydrogens is 310 g/mol. The molecule has 3 heteroatoms. The Hall–Kier alpha value is -0.830. The maximum atomic E-state index is 12.7. The number of carbonyl (C=O) groups excluding carboxylic acids is 1. The second-order valence-corrected chi connectivity index (χ2v) is 9.62. The summed E-state index contributed by atoms with van der Waals surface area (Å²) in [6, 6.07) is 0.749. The number of carbonyl (C=O) groups is 1. The van der Waals surface area contributed by atoms with Crippen molar-refractivity contribution >= 4 is 5.97 Å². The fourth-order valence-electron chi connectivity index (χ4n) is 6.68. The van der Waals surface area contributed by atoms with Crippen LogP contribution in [-0.4, -0.2) is 31.2 Å². The van der Waals surface area contributed by atoms with Gasteiger partial charge in [-0.2, -0.15) is 0 Å². The van der Waals surface area contributed by atoms with Gasteiger partial charge in [-0.3, -0.25) is 4.79 Å². The first-order chi connectivity index (χ1) is 12.0. The third-order valence-corrected chi connectivity index (χ3v) is 8.17. The lowest BCUT2D eigenvalue weighted by atomic mass is 9.55. The zero-order valence-electron chi connectivity index (χ0n) is 16.2. The molecule has 0 radical (unpaired) electrons. The molecule has 0 aromatic heterocycles. The van der Waals surface area contributed by atoms with Gasteiger partial charge in [0, 0.05) is 5.92 Å². The molecule has 4 fully saturated rings. The summed E-state index contributed by atoms with van der Waals surface area (Å²) in [6.45, 7) is 11.4. The first-order valence-corrected chi connectivity index (χ1v) is 10.7. The largest absolute Gasteiger partial charge is 0.462 e. The fourth-order valence-corrected chi connectivity index (χ4v) is 6.68. The molecule has 0 spiro atoms. The second-order valence-electron chi connectivity index (χ2n) is 9.62. The van der Waals surface area contributed by atoms with Crippen LogP contribution in [0.5, 0.6) is 0 Å². The Morgan fingerprint density at radius 3 is 2.96 bits per heavy atom. The normalized spacial score (nSPS) is 47.1. The maximum Gasteiger partial charge on any atom is 0.315 e. The first-order valence-electron chi connectivity index (χ1n) is 10.7. The Balaban J connectivity index is 1.51. The molecule has 0 amide bonds. The first kappa shape index (κ1) is 17.6. The summed E-state index contributed by atoms with van der Waals surface area (Å²) in [5.41, 5.74) is 1.76. The minimum atomic E-state index is 0.107. The number of rotatable bonds is 3. The van der Waals surface area contributed by atoms with Crippen LogP contribution in [0.2, 0.25) is 0 Å².